The zero-order chi connectivity index (χ0) is 17.7. The van der Waals surface area contributed by atoms with Crippen molar-refractivity contribution in [2.45, 2.75) is 38.8 Å². The number of nitrogens with zero attached hydrogens (tertiary/aromatic N) is 3. The number of ether oxygens (including phenoxy) is 1. The van der Waals surface area contributed by atoms with Crippen LogP contribution in [0, 0.1) is 5.41 Å². The molecule has 1 aromatic carbocycles. The Bertz CT molecular complexity index is 915. The number of benzene rings is 1. The van der Waals surface area contributed by atoms with Gasteiger partial charge >= 0.3 is 0 Å². The second kappa shape index (κ2) is 5.61. The van der Waals surface area contributed by atoms with Crippen molar-refractivity contribution in [2.24, 2.45) is 11.1 Å². The first-order valence-electron chi connectivity index (χ1n) is 8.56. The van der Waals surface area contributed by atoms with Crippen molar-refractivity contribution in [3.8, 4) is 11.5 Å². The lowest BCUT2D eigenvalue weighted by atomic mass is 9.54. The zero-order valence-electron chi connectivity index (χ0n) is 14.7. The van der Waals surface area contributed by atoms with Crippen LogP contribution >= 0.6 is 0 Å². The van der Waals surface area contributed by atoms with Crippen LogP contribution in [0.3, 0.4) is 0 Å². The minimum Gasteiger partial charge on any atom is -0.378 e. The first-order valence-corrected chi connectivity index (χ1v) is 8.56. The van der Waals surface area contributed by atoms with E-state index >= 15 is 0 Å². The van der Waals surface area contributed by atoms with E-state index in [1.54, 1.807) is 6.20 Å². The van der Waals surface area contributed by atoms with E-state index in [0.717, 1.165) is 10.8 Å². The summed E-state index contributed by atoms with van der Waals surface area (Å²) in [6, 6.07) is 9.97. The number of rotatable bonds is 4. The molecule has 6 nitrogen and oxygen atoms in total. The molecule has 1 fully saturated rings. The molecule has 0 amide bonds. The third-order valence-electron chi connectivity index (χ3n) is 5.52. The van der Waals surface area contributed by atoms with Crippen LogP contribution in [-0.2, 0) is 10.3 Å². The van der Waals surface area contributed by atoms with Gasteiger partial charge in [0, 0.05) is 30.0 Å². The minimum absolute atomic E-state index is 0.0912. The highest BCUT2D eigenvalue weighted by atomic mass is 16.5. The van der Waals surface area contributed by atoms with E-state index in [9.17, 15) is 0 Å². The molecule has 1 aliphatic carbocycles. The number of pyridine rings is 1. The molecular formula is C19H22N4O2. The Kier molecular flexibility index (Phi) is 3.63. The van der Waals surface area contributed by atoms with Crippen molar-refractivity contribution in [3.05, 3.63) is 42.4 Å². The van der Waals surface area contributed by atoms with Crippen LogP contribution in [0.2, 0.25) is 0 Å². The maximum Gasteiger partial charge on any atom is 0.247 e. The summed E-state index contributed by atoms with van der Waals surface area (Å²) in [7, 11) is 0. The summed E-state index contributed by atoms with van der Waals surface area (Å²) in [6.45, 7) is 6.82. The first kappa shape index (κ1) is 16.2. The fourth-order valence-corrected chi connectivity index (χ4v) is 3.60. The molecule has 2 atom stereocenters. The van der Waals surface area contributed by atoms with Crippen LogP contribution in [0.1, 0.15) is 33.1 Å². The van der Waals surface area contributed by atoms with Crippen LogP contribution in [0.25, 0.3) is 22.3 Å². The van der Waals surface area contributed by atoms with Crippen molar-refractivity contribution in [1.29, 1.82) is 0 Å². The highest BCUT2D eigenvalue weighted by Crippen LogP contribution is 2.55. The molecule has 0 radical (unpaired) electrons. The van der Waals surface area contributed by atoms with Gasteiger partial charge in [-0.1, -0.05) is 43.3 Å². The molecule has 25 heavy (non-hydrogen) atoms. The van der Waals surface area contributed by atoms with E-state index in [2.05, 4.69) is 29.0 Å². The topological polar surface area (TPSA) is 87.1 Å². The monoisotopic (exact) mass is 338 g/mol. The molecule has 0 spiro atoms. The van der Waals surface area contributed by atoms with Gasteiger partial charge in [0.05, 0.1) is 6.10 Å². The predicted molar refractivity (Wildman–Crippen MR) is 94.7 cm³/mol. The van der Waals surface area contributed by atoms with Crippen molar-refractivity contribution in [3.63, 3.8) is 0 Å². The van der Waals surface area contributed by atoms with Crippen molar-refractivity contribution in [1.82, 2.24) is 15.1 Å². The second-order valence-electron chi connectivity index (χ2n) is 7.14. The zero-order valence-corrected chi connectivity index (χ0v) is 14.7. The average Bonchev–Trinajstić information content (AvgIpc) is 3.11. The number of hydrogen-bond acceptors (Lipinski definition) is 6. The maximum atomic E-state index is 6.63. The van der Waals surface area contributed by atoms with Gasteiger partial charge in [0.2, 0.25) is 11.7 Å². The normalized spacial score (nSPS) is 25.0. The summed E-state index contributed by atoms with van der Waals surface area (Å²) in [5.74, 6) is 0.908. The molecule has 130 valence electrons. The fourth-order valence-electron chi connectivity index (χ4n) is 3.60. The summed E-state index contributed by atoms with van der Waals surface area (Å²) in [4.78, 5) is 9.04. The molecule has 1 aliphatic rings. The molecule has 0 saturated heterocycles. The molecule has 2 N–H and O–H groups in total. The SMILES string of the molecule is CCOC1CC(N)(c2nc(-c3nccc4ccccc34)no2)C1(C)C. The van der Waals surface area contributed by atoms with E-state index in [1.165, 1.54) is 0 Å². The highest BCUT2D eigenvalue weighted by Gasteiger charge is 2.62. The lowest BCUT2D eigenvalue weighted by Gasteiger charge is -2.56. The maximum absolute atomic E-state index is 6.63. The number of hydrogen-bond donors (Lipinski definition) is 1. The molecule has 2 aromatic heterocycles. The fraction of sp³-hybridized carbons (Fsp3) is 0.421. The quantitative estimate of drug-likeness (QED) is 0.785. The van der Waals surface area contributed by atoms with Gasteiger partial charge < -0.3 is 15.0 Å². The van der Waals surface area contributed by atoms with E-state index < -0.39 is 5.54 Å². The summed E-state index contributed by atoms with van der Waals surface area (Å²) in [6.07, 6.45) is 2.51. The molecule has 3 aromatic rings. The van der Waals surface area contributed by atoms with Crippen LogP contribution in [0.4, 0.5) is 0 Å². The summed E-state index contributed by atoms with van der Waals surface area (Å²) >= 11 is 0. The van der Waals surface area contributed by atoms with Gasteiger partial charge in [-0.15, -0.1) is 0 Å². The van der Waals surface area contributed by atoms with Crippen molar-refractivity contribution >= 4 is 10.8 Å². The Morgan fingerprint density at radius 3 is 2.84 bits per heavy atom. The smallest absolute Gasteiger partial charge is 0.247 e. The van der Waals surface area contributed by atoms with E-state index in [1.807, 2.05) is 37.3 Å². The Morgan fingerprint density at radius 1 is 1.28 bits per heavy atom. The van der Waals surface area contributed by atoms with E-state index in [-0.39, 0.29) is 11.5 Å². The van der Waals surface area contributed by atoms with Gasteiger partial charge in [-0.25, -0.2) is 0 Å². The molecule has 1 saturated carbocycles. The third-order valence-corrected chi connectivity index (χ3v) is 5.52. The summed E-state index contributed by atoms with van der Waals surface area (Å²) in [5.41, 5.74) is 6.36. The summed E-state index contributed by atoms with van der Waals surface area (Å²) in [5, 5.41) is 6.23. The Hall–Kier alpha value is -2.31. The van der Waals surface area contributed by atoms with Crippen LogP contribution in [0.15, 0.2) is 41.1 Å². The van der Waals surface area contributed by atoms with Crippen LogP contribution in [-0.4, -0.2) is 27.8 Å². The highest BCUT2D eigenvalue weighted by molar-refractivity contribution is 5.92. The molecule has 2 unspecified atom stereocenters. The lowest BCUT2D eigenvalue weighted by molar-refractivity contribution is -0.162. The van der Waals surface area contributed by atoms with Crippen LogP contribution < -0.4 is 5.73 Å². The molecule has 4 rings (SSSR count). The van der Waals surface area contributed by atoms with Gasteiger partial charge in [0.1, 0.15) is 11.2 Å². The molecule has 0 aliphatic heterocycles. The molecule has 2 heterocycles. The molecular weight excluding hydrogens is 316 g/mol. The van der Waals surface area contributed by atoms with E-state index in [4.69, 9.17) is 15.0 Å². The second-order valence-corrected chi connectivity index (χ2v) is 7.14. The van der Waals surface area contributed by atoms with Crippen LogP contribution in [0.5, 0.6) is 0 Å². The Morgan fingerprint density at radius 2 is 2.08 bits per heavy atom. The van der Waals surface area contributed by atoms with Gasteiger partial charge in [-0.05, 0) is 18.4 Å². The van der Waals surface area contributed by atoms with E-state index in [0.29, 0.717) is 30.4 Å². The number of nitrogens with two attached hydrogens (primary N) is 1. The Balaban J connectivity index is 1.72. The molecule has 0 bridgehead atoms. The van der Waals surface area contributed by atoms with Crippen molar-refractivity contribution < 1.29 is 9.26 Å². The Labute approximate surface area is 146 Å². The van der Waals surface area contributed by atoms with Gasteiger partial charge in [0.25, 0.3) is 0 Å². The number of fused-ring (bicyclic) bond motifs is 1. The van der Waals surface area contributed by atoms with Gasteiger partial charge in [0.15, 0.2) is 0 Å². The minimum atomic E-state index is -0.692. The number of aromatic nitrogens is 3. The first-order chi connectivity index (χ1) is 12.0. The van der Waals surface area contributed by atoms with Gasteiger partial charge in [-0.2, -0.15) is 4.98 Å². The summed E-state index contributed by atoms with van der Waals surface area (Å²) < 4.78 is 11.3. The van der Waals surface area contributed by atoms with Crippen molar-refractivity contribution in [2.75, 3.05) is 6.61 Å². The predicted octanol–water partition coefficient (Wildman–Crippen LogP) is 3.27. The van der Waals surface area contributed by atoms with Gasteiger partial charge in [-0.3, -0.25) is 4.98 Å². The molecule has 6 heteroatoms. The third kappa shape index (κ3) is 2.28. The average molecular weight is 338 g/mol. The lowest BCUT2D eigenvalue weighted by Crippen LogP contribution is -2.67. The largest absolute Gasteiger partial charge is 0.378 e. The standard InChI is InChI=1S/C19H22N4O2/c1-4-24-14-11-19(20,18(14,2)3)17-22-16(23-25-17)15-13-8-6-5-7-12(13)9-10-21-15/h5-10,14H,4,11,20H2,1-3H3.